The number of carboxylic acids is 1. The van der Waals surface area contributed by atoms with Gasteiger partial charge in [0, 0.05) is 30.8 Å². The molecule has 0 aliphatic carbocycles. The molecule has 0 unspecified atom stereocenters. The van der Waals surface area contributed by atoms with E-state index in [9.17, 15) is 4.79 Å². The van der Waals surface area contributed by atoms with Crippen LogP contribution in [0.1, 0.15) is 36.8 Å². The predicted molar refractivity (Wildman–Crippen MR) is 93.0 cm³/mol. The van der Waals surface area contributed by atoms with Crippen LogP contribution in [0.4, 0.5) is 0 Å². The van der Waals surface area contributed by atoms with Crippen molar-refractivity contribution in [3.63, 3.8) is 0 Å². The van der Waals surface area contributed by atoms with Crippen molar-refractivity contribution in [1.82, 2.24) is 4.98 Å². The van der Waals surface area contributed by atoms with E-state index in [-0.39, 0.29) is 6.42 Å². The van der Waals surface area contributed by atoms with Gasteiger partial charge in [0.15, 0.2) is 0 Å². The SMILES string of the molecule is O=C(O)CCCCCO/N=C(/Cc1ccccc1)c1cccnc1. The van der Waals surface area contributed by atoms with Gasteiger partial charge in [-0.15, -0.1) is 0 Å². The molecule has 0 radical (unpaired) electrons. The van der Waals surface area contributed by atoms with E-state index in [1.165, 1.54) is 0 Å². The van der Waals surface area contributed by atoms with Crippen LogP contribution in [0.2, 0.25) is 0 Å². The highest BCUT2D eigenvalue weighted by Gasteiger charge is 2.06. The molecular formula is C19H22N2O3. The lowest BCUT2D eigenvalue weighted by Crippen LogP contribution is -2.07. The van der Waals surface area contributed by atoms with Crippen LogP contribution >= 0.6 is 0 Å². The molecule has 1 aromatic carbocycles. The third kappa shape index (κ3) is 6.60. The van der Waals surface area contributed by atoms with E-state index in [0.29, 0.717) is 19.4 Å². The van der Waals surface area contributed by atoms with Gasteiger partial charge < -0.3 is 9.94 Å². The Hall–Kier alpha value is -2.69. The van der Waals surface area contributed by atoms with Crippen molar-refractivity contribution in [3.05, 3.63) is 66.0 Å². The molecule has 2 aromatic rings. The first-order chi connectivity index (χ1) is 11.8. The van der Waals surface area contributed by atoms with Crippen LogP contribution < -0.4 is 0 Å². The van der Waals surface area contributed by atoms with Crippen LogP contribution in [0, 0.1) is 0 Å². The van der Waals surface area contributed by atoms with Crippen LogP contribution in [0.25, 0.3) is 0 Å². The minimum Gasteiger partial charge on any atom is -0.481 e. The number of carbonyl (C=O) groups is 1. The fourth-order valence-electron chi connectivity index (χ4n) is 2.25. The largest absolute Gasteiger partial charge is 0.481 e. The molecule has 2 rings (SSSR count). The van der Waals surface area contributed by atoms with Crippen molar-refractivity contribution < 1.29 is 14.7 Å². The Morgan fingerprint density at radius 1 is 1.08 bits per heavy atom. The molecule has 0 saturated heterocycles. The Balaban J connectivity index is 1.89. The standard InChI is InChI=1S/C19H22N2O3/c22-19(23)11-5-2-6-13-24-21-18(17-10-7-12-20-15-17)14-16-8-3-1-4-9-16/h1,3-4,7-10,12,15H,2,5-6,11,13-14H2,(H,22,23)/b21-18-. The number of hydrogen-bond acceptors (Lipinski definition) is 4. The fourth-order valence-corrected chi connectivity index (χ4v) is 2.25. The minimum absolute atomic E-state index is 0.207. The molecule has 0 aliphatic rings. The molecule has 5 nitrogen and oxygen atoms in total. The Bertz CT molecular complexity index is 642. The van der Waals surface area contributed by atoms with Crippen molar-refractivity contribution in [1.29, 1.82) is 0 Å². The molecule has 0 spiro atoms. The Morgan fingerprint density at radius 3 is 2.62 bits per heavy atom. The summed E-state index contributed by atoms with van der Waals surface area (Å²) in [7, 11) is 0. The number of aliphatic carboxylic acids is 1. The maximum Gasteiger partial charge on any atom is 0.303 e. The van der Waals surface area contributed by atoms with Crippen LogP contribution in [-0.4, -0.2) is 28.4 Å². The maximum absolute atomic E-state index is 10.4. The summed E-state index contributed by atoms with van der Waals surface area (Å²) in [5, 5.41) is 12.9. The lowest BCUT2D eigenvalue weighted by atomic mass is 10.0. The van der Waals surface area contributed by atoms with Gasteiger partial charge in [0.25, 0.3) is 0 Å². The second kappa shape index (κ2) is 10.2. The number of unbranched alkanes of at least 4 members (excludes halogenated alkanes) is 2. The van der Waals surface area contributed by atoms with Crippen molar-refractivity contribution in [2.24, 2.45) is 5.16 Å². The van der Waals surface area contributed by atoms with E-state index in [0.717, 1.165) is 29.7 Å². The molecule has 0 amide bonds. The van der Waals surface area contributed by atoms with E-state index in [1.54, 1.807) is 12.4 Å². The molecule has 0 bridgehead atoms. The summed E-state index contributed by atoms with van der Waals surface area (Å²) in [4.78, 5) is 20.0. The number of aromatic nitrogens is 1. The zero-order chi connectivity index (χ0) is 17.0. The van der Waals surface area contributed by atoms with Crippen LogP contribution in [0.15, 0.2) is 60.0 Å². The molecule has 24 heavy (non-hydrogen) atoms. The monoisotopic (exact) mass is 326 g/mol. The van der Waals surface area contributed by atoms with Crippen LogP contribution in [0.3, 0.4) is 0 Å². The molecule has 0 atom stereocenters. The van der Waals surface area contributed by atoms with Crippen molar-refractivity contribution in [2.75, 3.05) is 6.61 Å². The molecule has 1 N–H and O–H groups in total. The van der Waals surface area contributed by atoms with E-state index in [4.69, 9.17) is 9.94 Å². The van der Waals surface area contributed by atoms with Crippen molar-refractivity contribution in [3.8, 4) is 0 Å². The summed E-state index contributed by atoms with van der Waals surface area (Å²) in [6.07, 6.45) is 6.67. The number of hydrogen-bond donors (Lipinski definition) is 1. The molecule has 1 heterocycles. The zero-order valence-corrected chi connectivity index (χ0v) is 13.6. The van der Waals surface area contributed by atoms with Gasteiger partial charge in [-0.1, -0.05) is 35.5 Å². The highest BCUT2D eigenvalue weighted by Crippen LogP contribution is 2.09. The van der Waals surface area contributed by atoms with Crippen molar-refractivity contribution >= 4 is 11.7 Å². The summed E-state index contributed by atoms with van der Waals surface area (Å²) in [5.41, 5.74) is 2.93. The first kappa shape index (κ1) is 17.7. The van der Waals surface area contributed by atoms with Gasteiger partial charge in [0.1, 0.15) is 6.61 Å². The lowest BCUT2D eigenvalue weighted by Gasteiger charge is -2.07. The van der Waals surface area contributed by atoms with Gasteiger partial charge in [-0.05, 0) is 37.0 Å². The van der Waals surface area contributed by atoms with Gasteiger partial charge in [0.2, 0.25) is 0 Å². The Kier molecular flexibility index (Phi) is 7.47. The van der Waals surface area contributed by atoms with Gasteiger partial charge in [-0.2, -0.15) is 0 Å². The van der Waals surface area contributed by atoms with E-state index >= 15 is 0 Å². The summed E-state index contributed by atoms with van der Waals surface area (Å²) >= 11 is 0. The molecule has 0 aliphatic heterocycles. The average molecular weight is 326 g/mol. The van der Waals surface area contributed by atoms with Crippen LogP contribution in [0.5, 0.6) is 0 Å². The molecule has 126 valence electrons. The van der Waals surface area contributed by atoms with E-state index in [1.807, 2.05) is 30.3 Å². The first-order valence-corrected chi connectivity index (χ1v) is 8.10. The first-order valence-electron chi connectivity index (χ1n) is 8.10. The third-order valence-electron chi connectivity index (χ3n) is 3.51. The van der Waals surface area contributed by atoms with Crippen molar-refractivity contribution in [2.45, 2.75) is 32.1 Å². The summed E-state index contributed by atoms with van der Waals surface area (Å²) < 4.78 is 0. The fraction of sp³-hybridized carbons (Fsp3) is 0.316. The number of rotatable bonds is 10. The highest BCUT2D eigenvalue weighted by atomic mass is 16.6. The number of carboxylic acid groups (broad SMARTS) is 1. The number of benzene rings is 1. The van der Waals surface area contributed by atoms with Gasteiger partial charge >= 0.3 is 5.97 Å². The predicted octanol–water partition coefficient (Wildman–Crippen LogP) is 3.69. The van der Waals surface area contributed by atoms with Gasteiger partial charge in [0.05, 0.1) is 5.71 Å². The minimum atomic E-state index is -0.754. The lowest BCUT2D eigenvalue weighted by molar-refractivity contribution is -0.137. The van der Waals surface area contributed by atoms with Gasteiger partial charge in [-0.25, -0.2) is 0 Å². The second-order valence-corrected chi connectivity index (χ2v) is 5.48. The zero-order valence-electron chi connectivity index (χ0n) is 13.6. The number of oxime groups is 1. The van der Waals surface area contributed by atoms with Crippen LogP contribution in [-0.2, 0) is 16.1 Å². The number of pyridine rings is 1. The quantitative estimate of drug-likeness (QED) is 0.410. The van der Waals surface area contributed by atoms with E-state index in [2.05, 4.69) is 22.3 Å². The summed E-state index contributed by atoms with van der Waals surface area (Å²) in [6.45, 7) is 0.484. The third-order valence-corrected chi connectivity index (χ3v) is 3.51. The highest BCUT2D eigenvalue weighted by molar-refractivity contribution is 6.01. The average Bonchev–Trinajstić information content (AvgIpc) is 2.61. The second-order valence-electron chi connectivity index (χ2n) is 5.48. The Morgan fingerprint density at radius 2 is 1.92 bits per heavy atom. The molecule has 0 fully saturated rings. The molecular weight excluding hydrogens is 304 g/mol. The topological polar surface area (TPSA) is 71.8 Å². The normalized spacial score (nSPS) is 11.2. The summed E-state index contributed by atoms with van der Waals surface area (Å²) in [6, 6.07) is 13.9. The maximum atomic E-state index is 10.4. The van der Waals surface area contributed by atoms with Gasteiger partial charge in [-0.3, -0.25) is 9.78 Å². The molecule has 1 aromatic heterocycles. The smallest absolute Gasteiger partial charge is 0.303 e. The molecule has 5 heteroatoms. The van der Waals surface area contributed by atoms with E-state index < -0.39 is 5.97 Å². The summed E-state index contributed by atoms with van der Waals surface area (Å²) in [5.74, 6) is -0.754. The Labute approximate surface area is 142 Å². The number of nitrogens with zero attached hydrogens (tertiary/aromatic N) is 2. The molecule has 0 saturated carbocycles.